The minimum atomic E-state index is -0.785. The fraction of sp³-hybridized carbons (Fsp3) is 0.814. The van der Waals surface area contributed by atoms with Crippen LogP contribution in [-0.4, -0.2) is 37.2 Å². The number of carbonyl (C=O) groups is 3. The van der Waals surface area contributed by atoms with Crippen molar-refractivity contribution in [2.45, 2.75) is 354 Å². The van der Waals surface area contributed by atoms with E-state index in [4.69, 9.17) is 14.2 Å². The third-order valence-corrected chi connectivity index (χ3v) is 14.8. The summed E-state index contributed by atoms with van der Waals surface area (Å²) in [6.45, 7) is 6.56. The van der Waals surface area contributed by atoms with Crippen LogP contribution in [-0.2, 0) is 28.6 Å². The van der Waals surface area contributed by atoms with E-state index in [1.54, 1.807) is 0 Å². The summed E-state index contributed by atoms with van der Waals surface area (Å²) in [6.07, 6.45) is 82.3. The Labute approximate surface area is 472 Å². The van der Waals surface area contributed by atoms with Gasteiger partial charge in [0, 0.05) is 19.3 Å². The molecule has 0 saturated heterocycles. The topological polar surface area (TPSA) is 78.9 Å². The lowest BCUT2D eigenvalue weighted by molar-refractivity contribution is -0.167. The van der Waals surface area contributed by atoms with E-state index >= 15 is 0 Å². The highest BCUT2D eigenvalue weighted by atomic mass is 16.6. The first kappa shape index (κ1) is 73.1. The zero-order chi connectivity index (χ0) is 55.0. The lowest BCUT2D eigenvalue weighted by Crippen LogP contribution is -2.30. The van der Waals surface area contributed by atoms with Crippen molar-refractivity contribution < 1.29 is 28.6 Å². The van der Waals surface area contributed by atoms with Gasteiger partial charge in [-0.05, 0) is 83.5 Å². The van der Waals surface area contributed by atoms with E-state index in [1.807, 2.05) is 0 Å². The molecule has 0 heterocycles. The molecule has 0 spiro atoms. The highest BCUT2D eigenvalue weighted by Gasteiger charge is 2.19. The van der Waals surface area contributed by atoms with E-state index in [0.717, 1.165) is 103 Å². The number of esters is 3. The molecular formula is C70H126O6. The average molecular weight is 1060 g/mol. The summed E-state index contributed by atoms with van der Waals surface area (Å²) in [7, 11) is 0. The molecule has 1 atom stereocenters. The second kappa shape index (κ2) is 64.6. The maximum absolute atomic E-state index is 12.9. The lowest BCUT2D eigenvalue weighted by atomic mass is 10.0. The molecule has 76 heavy (non-hydrogen) atoms. The number of unbranched alkanes of at least 4 members (excludes halogenated alkanes) is 40. The van der Waals surface area contributed by atoms with Gasteiger partial charge in [0.1, 0.15) is 13.2 Å². The Morgan fingerprint density at radius 2 is 0.513 bits per heavy atom. The number of hydrogen-bond acceptors (Lipinski definition) is 6. The molecule has 0 aliphatic heterocycles. The highest BCUT2D eigenvalue weighted by Crippen LogP contribution is 2.18. The van der Waals surface area contributed by atoms with Crippen LogP contribution in [0.1, 0.15) is 348 Å². The molecule has 0 aromatic carbocycles. The fourth-order valence-electron chi connectivity index (χ4n) is 9.79. The van der Waals surface area contributed by atoms with Gasteiger partial charge in [-0.1, -0.05) is 306 Å². The van der Waals surface area contributed by atoms with Crippen molar-refractivity contribution in [3.05, 3.63) is 60.8 Å². The second-order valence-corrected chi connectivity index (χ2v) is 22.4. The van der Waals surface area contributed by atoms with E-state index in [-0.39, 0.29) is 31.1 Å². The molecule has 0 radical (unpaired) electrons. The van der Waals surface area contributed by atoms with Crippen LogP contribution in [0.2, 0.25) is 0 Å². The minimum absolute atomic E-state index is 0.0794. The third kappa shape index (κ3) is 62.0. The number of rotatable bonds is 61. The van der Waals surface area contributed by atoms with Crippen molar-refractivity contribution in [3.8, 4) is 0 Å². The van der Waals surface area contributed by atoms with Crippen molar-refractivity contribution in [1.82, 2.24) is 0 Å². The maximum atomic E-state index is 12.9. The summed E-state index contributed by atoms with van der Waals surface area (Å²) in [4.78, 5) is 38.4. The average Bonchev–Trinajstić information content (AvgIpc) is 3.42. The smallest absolute Gasteiger partial charge is 0.306 e. The van der Waals surface area contributed by atoms with Gasteiger partial charge in [0.25, 0.3) is 0 Å². The first-order valence-corrected chi connectivity index (χ1v) is 33.3. The van der Waals surface area contributed by atoms with Gasteiger partial charge < -0.3 is 14.2 Å². The van der Waals surface area contributed by atoms with E-state index < -0.39 is 6.10 Å². The lowest BCUT2D eigenvalue weighted by Gasteiger charge is -2.18. The molecule has 0 aliphatic rings. The van der Waals surface area contributed by atoms with E-state index in [0.29, 0.717) is 19.3 Å². The van der Waals surface area contributed by atoms with Crippen molar-refractivity contribution in [1.29, 1.82) is 0 Å². The monoisotopic (exact) mass is 1060 g/mol. The van der Waals surface area contributed by atoms with Gasteiger partial charge in [-0.2, -0.15) is 0 Å². The quantitative estimate of drug-likeness (QED) is 0.0261. The Hall–Kier alpha value is -2.89. The Balaban J connectivity index is 4.34. The predicted molar refractivity (Wildman–Crippen MR) is 330 cm³/mol. The van der Waals surface area contributed by atoms with Crippen LogP contribution < -0.4 is 0 Å². The zero-order valence-corrected chi connectivity index (χ0v) is 50.8. The van der Waals surface area contributed by atoms with Gasteiger partial charge in [-0.3, -0.25) is 14.4 Å². The van der Waals surface area contributed by atoms with Crippen molar-refractivity contribution >= 4 is 17.9 Å². The Morgan fingerprint density at radius 1 is 0.276 bits per heavy atom. The molecule has 0 aromatic rings. The Morgan fingerprint density at radius 3 is 0.816 bits per heavy atom. The summed E-state index contributed by atoms with van der Waals surface area (Å²) < 4.78 is 17.0. The molecule has 6 heteroatoms. The molecule has 0 saturated carbocycles. The summed E-state index contributed by atoms with van der Waals surface area (Å²) in [5.41, 5.74) is 0. The molecule has 0 rings (SSSR count). The number of carbonyl (C=O) groups excluding carboxylic acids is 3. The van der Waals surface area contributed by atoms with Crippen LogP contribution in [0.3, 0.4) is 0 Å². The standard InChI is InChI=1S/C70H126O6/c1-4-7-10-13-16-19-22-25-28-31-33-34-35-36-38-39-42-45-48-51-54-57-60-63-69(72)75-66-67(65-74-68(71)62-59-56-53-50-47-44-41-30-27-24-21-18-15-12-9-6-3)76-70(73)64-61-58-55-52-49-46-43-40-37-32-29-26-23-20-17-14-11-8-5-2/h8,11,17,20,26,29-30,37,40-41,67H,4-7,9-10,12-16,18-19,21-25,27-28,31-36,38-39,42-66H2,1-3H3/b11-8-,20-17-,29-26-,40-37-,41-30-. The largest absolute Gasteiger partial charge is 0.462 e. The van der Waals surface area contributed by atoms with E-state index in [1.165, 1.54) is 205 Å². The third-order valence-electron chi connectivity index (χ3n) is 14.8. The summed E-state index contributed by atoms with van der Waals surface area (Å²) in [5.74, 6) is -0.881. The first-order chi connectivity index (χ1) is 37.5. The van der Waals surface area contributed by atoms with Gasteiger partial charge in [-0.15, -0.1) is 0 Å². The predicted octanol–water partition coefficient (Wildman–Crippen LogP) is 22.7. The van der Waals surface area contributed by atoms with Gasteiger partial charge in [-0.25, -0.2) is 0 Å². The molecule has 442 valence electrons. The van der Waals surface area contributed by atoms with Crippen molar-refractivity contribution in [3.63, 3.8) is 0 Å². The first-order valence-electron chi connectivity index (χ1n) is 33.3. The number of hydrogen-bond donors (Lipinski definition) is 0. The van der Waals surface area contributed by atoms with E-state index in [9.17, 15) is 14.4 Å². The molecule has 0 aromatic heterocycles. The van der Waals surface area contributed by atoms with Gasteiger partial charge >= 0.3 is 17.9 Å². The Bertz CT molecular complexity index is 1360. The summed E-state index contributed by atoms with van der Waals surface area (Å²) >= 11 is 0. The second-order valence-electron chi connectivity index (χ2n) is 22.4. The molecule has 0 N–H and O–H groups in total. The van der Waals surface area contributed by atoms with Crippen molar-refractivity contribution in [2.75, 3.05) is 13.2 Å². The van der Waals surface area contributed by atoms with Gasteiger partial charge in [0.2, 0.25) is 0 Å². The number of allylic oxidation sites excluding steroid dienone is 10. The van der Waals surface area contributed by atoms with Crippen LogP contribution >= 0.6 is 0 Å². The van der Waals surface area contributed by atoms with Crippen molar-refractivity contribution in [2.24, 2.45) is 0 Å². The van der Waals surface area contributed by atoms with Crippen LogP contribution in [0.25, 0.3) is 0 Å². The highest BCUT2D eigenvalue weighted by molar-refractivity contribution is 5.71. The van der Waals surface area contributed by atoms with E-state index in [2.05, 4.69) is 81.5 Å². The van der Waals surface area contributed by atoms with Crippen LogP contribution in [0.5, 0.6) is 0 Å². The van der Waals surface area contributed by atoms with Crippen LogP contribution in [0.4, 0.5) is 0 Å². The Kier molecular flexibility index (Phi) is 62.2. The molecule has 1 unspecified atom stereocenters. The minimum Gasteiger partial charge on any atom is -0.462 e. The molecule has 0 aliphatic carbocycles. The fourth-order valence-corrected chi connectivity index (χ4v) is 9.79. The summed E-state index contributed by atoms with van der Waals surface area (Å²) in [5, 5.41) is 0. The molecular weight excluding hydrogens is 937 g/mol. The molecule has 0 fully saturated rings. The number of ether oxygens (including phenoxy) is 3. The van der Waals surface area contributed by atoms with Crippen LogP contribution in [0.15, 0.2) is 60.8 Å². The van der Waals surface area contributed by atoms with Crippen LogP contribution in [0, 0.1) is 0 Å². The normalized spacial score (nSPS) is 12.4. The summed E-state index contributed by atoms with van der Waals surface area (Å²) in [6, 6.07) is 0. The SMILES string of the molecule is CC/C=C\C/C=C\C/C=C\C/C=C\CCCCCCCCC(=O)OC(COC(=O)CCCCCCC/C=C\CCCCCCCCC)COC(=O)CCCCCCCCCCCCCCCCCCCCCCCCC. The van der Waals surface area contributed by atoms with Gasteiger partial charge in [0.05, 0.1) is 0 Å². The molecule has 6 nitrogen and oxygen atoms in total. The molecule has 0 bridgehead atoms. The zero-order valence-electron chi connectivity index (χ0n) is 50.8. The molecule has 0 amide bonds. The van der Waals surface area contributed by atoms with Gasteiger partial charge in [0.15, 0.2) is 6.10 Å². The maximum Gasteiger partial charge on any atom is 0.306 e.